The van der Waals surface area contributed by atoms with E-state index < -0.39 is 0 Å². The second-order valence-corrected chi connectivity index (χ2v) is 6.24. The van der Waals surface area contributed by atoms with Gasteiger partial charge in [-0.05, 0) is 39.3 Å². The Labute approximate surface area is 124 Å². The molecule has 1 aromatic carbocycles. The van der Waals surface area contributed by atoms with Crippen LogP contribution in [0.5, 0.6) is 0 Å². The van der Waals surface area contributed by atoms with Gasteiger partial charge in [0.15, 0.2) is 0 Å². The highest BCUT2D eigenvalue weighted by Gasteiger charge is 2.14. The minimum atomic E-state index is 0.0860. The minimum Gasteiger partial charge on any atom is -0.421 e. The fourth-order valence-corrected chi connectivity index (χ4v) is 2.03. The van der Waals surface area contributed by atoms with Crippen LogP contribution in [0.3, 0.4) is 0 Å². The number of aryl methyl sites for hydroxylation is 1. The van der Waals surface area contributed by atoms with Crippen LogP contribution >= 0.6 is 11.6 Å². The fourth-order valence-electron chi connectivity index (χ4n) is 1.82. The third-order valence-electron chi connectivity index (χ3n) is 2.88. The predicted molar refractivity (Wildman–Crippen MR) is 80.9 cm³/mol. The van der Waals surface area contributed by atoms with Crippen molar-refractivity contribution in [3.63, 3.8) is 0 Å². The molecule has 0 aliphatic rings. The molecule has 4 nitrogen and oxygen atoms in total. The topological polar surface area (TPSA) is 51.0 Å². The summed E-state index contributed by atoms with van der Waals surface area (Å²) in [4.78, 5) is 0. The summed E-state index contributed by atoms with van der Waals surface area (Å²) in [5.74, 6) is 1.10. The molecular weight excluding hydrogens is 274 g/mol. The monoisotopic (exact) mass is 293 g/mol. The van der Waals surface area contributed by atoms with Gasteiger partial charge in [0.2, 0.25) is 11.8 Å². The Hall–Kier alpha value is -1.39. The molecule has 5 heteroatoms. The molecule has 0 aliphatic heterocycles. The smallest absolute Gasteiger partial charge is 0.249 e. The van der Waals surface area contributed by atoms with E-state index in [1.807, 2.05) is 25.1 Å². The van der Waals surface area contributed by atoms with E-state index >= 15 is 0 Å². The number of benzene rings is 1. The van der Waals surface area contributed by atoms with Gasteiger partial charge in [-0.2, -0.15) is 0 Å². The maximum absolute atomic E-state index is 6.26. The molecule has 0 saturated carbocycles. The minimum absolute atomic E-state index is 0.0860. The number of rotatable bonds is 4. The fraction of sp³-hybridized carbons (Fsp3) is 0.467. The molecule has 2 aromatic rings. The second-order valence-electron chi connectivity index (χ2n) is 5.86. The van der Waals surface area contributed by atoms with Crippen molar-refractivity contribution in [2.45, 2.75) is 39.7 Å². The lowest BCUT2D eigenvalue weighted by Gasteiger charge is -2.19. The molecule has 0 amide bonds. The van der Waals surface area contributed by atoms with Crippen molar-refractivity contribution in [3.05, 3.63) is 34.7 Å². The van der Waals surface area contributed by atoms with Crippen LogP contribution in [0.25, 0.3) is 11.5 Å². The summed E-state index contributed by atoms with van der Waals surface area (Å²) >= 11 is 6.26. The van der Waals surface area contributed by atoms with Gasteiger partial charge in [-0.1, -0.05) is 23.7 Å². The number of hydrogen-bond donors (Lipinski definition) is 1. The molecule has 0 radical (unpaired) electrons. The highest BCUT2D eigenvalue weighted by molar-refractivity contribution is 6.33. The predicted octanol–water partition coefficient (Wildman–Crippen LogP) is 3.63. The first-order valence-electron chi connectivity index (χ1n) is 6.70. The largest absolute Gasteiger partial charge is 0.421 e. The van der Waals surface area contributed by atoms with Crippen LogP contribution in [0, 0.1) is 6.92 Å². The Morgan fingerprint density at radius 3 is 2.70 bits per heavy atom. The SMILES string of the molecule is Cc1cccc(-c2nnc(CCNC(C)(C)C)o2)c1Cl. The van der Waals surface area contributed by atoms with Crippen LogP contribution in [-0.4, -0.2) is 22.3 Å². The molecule has 0 spiro atoms. The van der Waals surface area contributed by atoms with Crippen molar-refractivity contribution in [3.8, 4) is 11.5 Å². The summed E-state index contributed by atoms with van der Waals surface area (Å²) in [5, 5.41) is 12.2. The molecular formula is C15H20ClN3O. The second kappa shape index (κ2) is 5.94. The van der Waals surface area contributed by atoms with E-state index in [1.54, 1.807) is 0 Å². The van der Waals surface area contributed by atoms with Gasteiger partial charge in [0.1, 0.15) is 0 Å². The summed E-state index contributed by atoms with van der Waals surface area (Å²) < 4.78 is 5.67. The van der Waals surface area contributed by atoms with Gasteiger partial charge in [0.25, 0.3) is 0 Å². The summed E-state index contributed by atoms with van der Waals surface area (Å²) in [5.41, 5.74) is 1.87. The maximum atomic E-state index is 6.26. The van der Waals surface area contributed by atoms with Crippen LogP contribution in [-0.2, 0) is 6.42 Å². The molecule has 108 valence electrons. The molecule has 1 N–H and O–H groups in total. The van der Waals surface area contributed by atoms with Crippen LogP contribution < -0.4 is 5.32 Å². The molecule has 0 bridgehead atoms. The first-order chi connectivity index (χ1) is 9.37. The zero-order valence-corrected chi connectivity index (χ0v) is 13.1. The molecule has 20 heavy (non-hydrogen) atoms. The number of nitrogens with one attached hydrogen (secondary N) is 1. The quantitative estimate of drug-likeness (QED) is 0.935. The van der Waals surface area contributed by atoms with E-state index in [4.69, 9.17) is 16.0 Å². The zero-order valence-electron chi connectivity index (χ0n) is 12.3. The molecule has 1 heterocycles. The van der Waals surface area contributed by atoms with E-state index in [1.165, 1.54) is 0 Å². The van der Waals surface area contributed by atoms with E-state index in [0.717, 1.165) is 17.7 Å². The van der Waals surface area contributed by atoms with Gasteiger partial charge in [0, 0.05) is 18.5 Å². The molecule has 0 unspecified atom stereocenters. The lowest BCUT2D eigenvalue weighted by Crippen LogP contribution is -2.37. The normalized spacial score (nSPS) is 11.8. The summed E-state index contributed by atoms with van der Waals surface area (Å²) in [6.07, 6.45) is 0.702. The van der Waals surface area contributed by atoms with Crippen molar-refractivity contribution in [1.29, 1.82) is 0 Å². The third kappa shape index (κ3) is 3.81. The lowest BCUT2D eigenvalue weighted by molar-refractivity contribution is 0.412. The van der Waals surface area contributed by atoms with Crippen molar-refractivity contribution < 1.29 is 4.42 Å². The van der Waals surface area contributed by atoms with Crippen LogP contribution in [0.2, 0.25) is 5.02 Å². The highest BCUT2D eigenvalue weighted by Crippen LogP contribution is 2.29. The third-order valence-corrected chi connectivity index (χ3v) is 3.38. The van der Waals surface area contributed by atoms with Crippen molar-refractivity contribution in [2.75, 3.05) is 6.54 Å². The Kier molecular flexibility index (Phi) is 4.45. The van der Waals surface area contributed by atoms with Gasteiger partial charge >= 0.3 is 0 Å². The zero-order chi connectivity index (χ0) is 14.8. The van der Waals surface area contributed by atoms with Crippen molar-refractivity contribution >= 4 is 11.6 Å². The number of aromatic nitrogens is 2. The van der Waals surface area contributed by atoms with Gasteiger partial charge < -0.3 is 9.73 Å². The molecule has 1 aromatic heterocycles. The Morgan fingerprint density at radius 1 is 1.25 bits per heavy atom. The van der Waals surface area contributed by atoms with Gasteiger partial charge in [-0.15, -0.1) is 10.2 Å². The van der Waals surface area contributed by atoms with Crippen LogP contribution in [0.1, 0.15) is 32.2 Å². The summed E-state index contributed by atoms with van der Waals surface area (Å²) in [6.45, 7) is 9.12. The average molecular weight is 294 g/mol. The molecule has 0 atom stereocenters. The maximum Gasteiger partial charge on any atom is 0.249 e. The summed E-state index contributed by atoms with van der Waals surface area (Å²) in [7, 11) is 0. The van der Waals surface area contributed by atoms with Gasteiger partial charge in [-0.25, -0.2) is 0 Å². The van der Waals surface area contributed by atoms with Crippen LogP contribution in [0.15, 0.2) is 22.6 Å². The first kappa shape index (κ1) is 15.0. The van der Waals surface area contributed by atoms with Gasteiger partial charge in [0.05, 0.1) is 10.6 Å². The van der Waals surface area contributed by atoms with Crippen molar-refractivity contribution in [1.82, 2.24) is 15.5 Å². The molecule has 0 saturated heterocycles. The molecule has 2 rings (SSSR count). The number of hydrogen-bond acceptors (Lipinski definition) is 4. The molecule has 0 aliphatic carbocycles. The van der Waals surface area contributed by atoms with E-state index in [2.05, 4.69) is 36.3 Å². The first-order valence-corrected chi connectivity index (χ1v) is 7.07. The Balaban J connectivity index is 2.07. The van der Waals surface area contributed by atoms with E-state index in [0.29, 0.717) is 23.2 Å². The number of halogens is 1. The molecule has 0 fully saturated rings. The van der Waals surface area contributed by atoms with Gasteiger partial charge in [-0.3, -0.25) is 0 Å². The number of nitrogens with zero attached hydrogens (tertiary/aromatic N) is 2. The van der Waals surface area contributed by atoms with E-state index in [-0.39, 0.29) is 5.54 Å². The average Bonchev–Trinajstić information content (AvgIpc) is 2.79. The van der Waals surface area contributed by atoms with Crippen LogP contribution in [0.4, 0.5) is 0 Å². The standard InChI is InChI=1S/C15H20ClN3O/c1-10-6-5-7-11(13(10)16)14-19-18-12(20-14)8-9-17-15(2,3)4/h5-7,17H,8-9H2,1-4H3. The Bertz CT molecular complexity index is 587. The Morgan fingerprint density at radius 2 is 2.00 bits per heavy atom. The van der Waals surface area contributed by atoms with E-state index in [9.17, 15) is 0 Å². The lowest BCUT2D eigenvalue weighted by atomic mass is 10.1. The van der Waals surface area contributed by atoms with Crippen molar-refractivity contribution in [2.24, 2.45) is 0 Å². The highest BCUT2D eigenvalue weighted by atomic mass is 35.5. The summed E-state index contributed by atoms with van der Waals surface area (Å²) in [6, 6.07) is 5.78.